The minimum absolute atomic E-state index is 0.0926. The highest BCUT2D eigenvalue weighted by Gasteiger charge is 2.75. The molecule has 3 fully saturated rings. The summed E-state index contributed by atoms with van der Waals surface area (Å²) in [6, 6.07) is 3.56. The molecule has 2 N–H and O–H groups in total. The Hall–Kier alpha value is -1.47. The molecule has 3 aliphatic carbocycles. The van der Waals surface area contributed by atoms with E-state index in [1.807, 2.05) is 0 Å². The zero-order valence-corrected chi connectivity index (χ0v) is 18.0. The number of pyridine rings is 1. The van der Waals surface area contributed by atoms with Crippen LogP contribution in [-0.2, 0) is 9.59 Å². The Balaban J connectivity index is 1.50. The van der Waals surface area contributed by atoms with Crippen molar-refractivity contribution in [1.29, 1.82) is 0 Å². The third-order valence-corrected chi connectivity index (χ3v) is 7.83. The maximum absolute atomic E-state index is 13.1. The van der Waals surface area contributed by atoms with Crippen molar-refractivity contribution in [1.82, 2.24) is 9.88 Å². The van der Waals surface area contributed by atoms with Crippen molar-refractivity contribution < 1.29 is 14.7 Å². The van der Waals surface area contributed by atoms with Crippen LogP contribution in [0.3, 0.4) is 0 Å². The van der Waals surface area contributed by atoms with Crippen LogP contribution < -0.4 is 5.32 Å². The average Bonchev–Trinajstić information content (AvgIpc) is 3.16. The number of carbonyl (C=O) groups is 2. The second-order valence-corrected chi connectivity index (χ2v) is 9.81. The number of carboxylic acid groups (broad SMARTS) is 1. The number of hydrogen-bond donors (Lipinski definition) is 2. The lowest BCUT2D eigenvalue weighted by atomic mass is 9.78. The van der Waals surface area contributed by atoms with Crippen molar-refractivity contribution in [2.75, 3.05) is 26.0 Å². The summed E-state index contributed by atoms with van der Waals surface area (Å²) in [5, 5.41) is 12.9. The van der Waals surface area contributed by atoms with Crippen LogP contribution in [0.4, 0.5) is 5.69 Å². The van der Waals surface area contributed by atoms with Gasteiger partial charge in [-0.1, -0.05) is 0 Å². The highest BCUT2D eigenvalue weighted by molar-refractivity contribution is 9.10. The average molecular weight is 450 g/mol. The molecule has 2 bridgehead atoms. The van der Waals surface area contributed by atoms with E-state index in [2.05, 4.69) is 45.2 Å². The quantitative estimate of drug-likeness (QED) is 0.622. The molecule has 7 heteroatoms. The predicted molar refractivity (Wildman–Crippen MR) is 110 cm³/mol. The van der Waals surface area contributed by atoms with Gasteiger partial charge in [-0.25, -0.2) is 4.98 Å². The third-order valence-electron chi connectivity index (χ3n) is 7.36. The van der Waals surface area contributed by atoms with Gasteiger partial charge >= 0.3 is 5.97 Å². The van der Waals surface area contributed by atoms with Crippen LogP contribution in [0.15, 0.2) is 22.9 Å². The lowest BCUT2D eigenvalue weighted by Gasteiger charge is -2.26. The van der Waals surface area contributed by atoms with E-state index in [9.17, 15) is 14.7 Å². The number of anilines is 1. The highest BCUT2D eigenvalue weighted by atomic mass is 79.9. The van der Waals surface area contributed by atoms with Crippen molar-refractivity contribution >= 4 is 33.5 Å². The molecule has 3 saturated carbocycles. The fourth-order valence-electron chi connectivity index (χ4n) is 6.35. The van der Waals surface area contributed by atoms with E-state index in [1.165, 1.54) is 0 Å². The standard InChI is InChI=1S/C21H28BrN3O3/c1-25(2)9-3-4-12-10-21(12)14-6-7-15(21)18(20(27)28)17(14)19(26)24-13-5-8-16(22)23-11-13/h5,8,11-12,14-15,17-18H,3-4,6-7,9-10H2,1-2H3,(H,24,26)(H,27,28)/t12?,14-,15+,17+,18+,21?/m0/s1. The molecule has 0 aromatic carbocycles. The van der Waals surface area contributed by atoms with Crippen molar-refractivity contribution in [3.8, 4) is 0 Å². The van der Waals surface area contributed by atoms with E-state index in [-0.39, 0.29) is 23.2 Å². The summed E-state index contributed by atoms with van der Waals surface area (Å²) in [5.74, 6) is -1.01. The fraction of sp³-hybridized carbons (Fsp3) is 0.667. The molecule has 4 rings (SSSR count). The zero-order valence-electron chi connectivity index (χ0n) is 16.4. The van der Waals surface area contributed by atoms with Crippen molar-refractivity contribution in [2.24, 2.45) is 35.0 Å². The maximum atomic E-state index is 13.1. The van der Waals surface area contributed by atoms with Gasteiger partial charge in [0.1, 0.15) is 4.60 Å². The van der Waals surface area contributed by atoms with Crippen LogP contribution in [-0.4, -0.2) is 47.5 Å². The lowest BCUT2D eigenvalue weighted by Crippen LogP contribution is -2.37. The molecule has 6 atom stereocenters. The molecule has 1 spiro atoms. The van der Waals surface area contributed by atoms with Crippen LogP contribution in [0.25, 0.3) is 0 Å². The first-order valence-corrected chi connectivity index (χ1v) is 10.9. The normalized spacial score (nSPS) is 35.5. The van der Waals surface area contributed by atoms with Gasteiger partial charge in [0.05, 0.1) is 23.7 Å². The summed E-state index contributed by atoms with van der Waals surface area (Å²) in [7, 11) is 4.17. The van der Waals surface area contributed by atoms with E-state index in [4.69, 9.17) is 0 Å². The minimum Gasteiger partial charge on any atom is -0.481 e. The number of aliphatic carboxylic acids is 1. The van der Waals surface area contributed by atoms with Crippen molar-refractivity contribution in [3.63, 3.8) is 0 Å². The Bertz CT molecular complexity index is 769. The summed E-state index contributed by atoms with van der Waals surface area (Å²) in [5.41, 5.74) is 0.711. The van der Waals surface area contributed by atoms with Gasteiger partial charge in [0.15, 0.2) is 0 Å². The van der Waals surface area contributed by atoms with Gasteiger partial charge in [0.2, 0.25) is 5.91 Å². The summed E-state index contributed by atoms with van der Waals surface area (Å²) in [6.45, 7) is 1.06. The summed E-state index contributed by atoms with van der Waals surface area (Å²) < 4.78 is 0.700. The number of carboxylic acids is 1. The van der Waals surface area contributed by atoms with Gasteiger partial charge in [-0.3, -0.25) is 9.59 Å². The van der Waals surface area contributed by atoms with Gasteiger partial charge in [-0.2, -0.15) is 0 Å². The molecule has 6 nitrogen and oxygen atoms in total. The number of hydrogen-bond acceptors (Lipinski definition) is 4. The molecule has 1 amide bonds. The Kier molecular flexibility index (Phi) is 5.25. The zero-order chi connectivity index (χ0) is 20.1. The molecule has 0 aliphatic heterocycles. The second kappa shape index (κ2) is 7.41. The van der Waals surface area contributed by atoms with Crippen LogP contribution >= 0.6 is 15.9 Å². The SMILES string of the molecule is CN(C)CCCC1CC12[C@@H]1CC[C@H]2[C@@H](C(=O)Nc2ccc(Br)nc2)[C@@H]1C(=O)O. The number of rotatable bonds is 7. The third kappa shape index (κ3) is 3.26. The molecule has 1 aromatic rings. The molecule has 1 aromatic heterocycles. The van der Waals surface area contributed by atoms with E-state index < -0.39 is 17.8 Å². The molecule has 0 saturated heterocycles. The largest absolute Gasteiger partial charge is 0.481 e. The van der Waals surface area contributed by atoms with Gasteiger partial charge in [-0.15, -0.1) is 0 Å². The first kappa shape index (κ1) is 19.8. The predicted octanol–water partition coefficient (Wildman–Crippen LogP) is 3.49. The van der Waals surface area contributed by atoms with Crippen LogP contribution in [0.2, 0.25) is 0 Å². The molecule has 152 valence electrons. The van der Waals surface area contributed by atoms with Gasteiger partial charge < -0.3 is 15.3 Å². The van der Waals surface area contributed by atoms with Crippen molar-refractivity contribution in [3.05, 3.63) is 22.9 Å². The molecule has 3 aliphatic rings. The summed E-state index contributed by atoms with van der Waals surface area (Å²) >= 11 is 3.29. The Morgan fingerprint density at radius 1 is 1.29 bits per heavy atom. The number of aromatic nitrogens is 1. The molecule has 0 radical (unpaired) electrons. The van der Waals surface area contributed by atoms with Gasteiger partial charge in [0.25, 0.3) is 0 Å². The van der Waals surface area contributed by atoms with Gasteiger partial charge in [0, 0.05) is 0 Å². The van der Waals surface area contributed by atoms with E-state index in [0.29, 0.717) is 16.2 Å². The van der Waals surface area contributed by atoms with Crippen LogP contribution in [0.1, 0.15) is 32.1 Å². The Morgan fingerprint density at radius 3 is 2.61 bits per heavy atom. The topological polar surface area (TPSA) is 82.5 Å². The number of amides is 1. The molecular formula is C21H28BrN3O3. The smallest absolute Gasteiger partial charge is 0.307 e. The Morgan fingerprint density at radius 2 is 2.00 bits per heavy atom. The lowest BCUT2D eigenvalue weighted by molar-refractivity contribution is -0.148. The fourth-order valence-corrected chi connectivity index (χ4v) is 6.58. The van der Waals surface area contributed by atoms with Crippen LogP contribution in [0, 0.1) is 35.0 Å². The van der Waals surface area contributed by atoms with E-state index >= 15 is 0 Å². The molecule has 2 unspecified atom stereocenters. The molecular weight excluding hydrogens is 422 g/mol. The first-order chi connectivity index (χ1) is 13.3. The Labute approximate surface area is 174 Å². The first-order valence-electron chi connectivity index (χ1n) is 10.1. The maximum Gasteiger partial charge on any atom is 0.307 e. The summed E-state index contributed by atoms with van der Waals surface area (Å²) in [6.07, 6.45) is 6.91. The van der Waals surface area contributed by atoms with Crippen molar-refractivity contribution in [2.45, 2.75) is 32.1 Å². The minimum atomic E-state index is -0.806. The van der Waals surface area contributed by atoms with Crippen LogP contribution in [0.5, 0.6) is 0 Å². The van der Waals surface area contributed by atoms with E-state index in [0.717, 1.165) is 38.6 Å². The monoisotopic (exact) mass is 449 g/mol. The highest BCUT2D eigenvalue weighted by Crippen LogP contribution is 2.78. The van der Waals surface area contributed by atoms with Gasteiger partial charge in [-0.05, 0) is 104 Å². The number of nitrogens with zero attached hydrogens (tertiary/aromatic N) is 2. The van der Waals surface area contributed by atoms with E-state index in [1.54, 1.807) is 18.3 Å². The number of nitrogens with one attached hydrogen (secondary N) is 1. The second-order valence-electron chi connectivity index (χ2n) is 9.00. The number of halogens is 1. The summed E-state index contributed by atoms with van der Waals surface area (Å²) in [4.78, 5) is 31.6. The number of carbonyl (C=O) groups excluding carboxylic acids is 1. The molecule has 28 heavy (non-hydrogen) atoms. The molecule has 1 heterocycles.